The normalized spacial score (nSPS) is 16.2. The molecule has 0 fully saturated rings. The molecule has 0 aliphatic heterocycles. The number of amides is 1. The van der Waals surface area contributed by atoms with Crippen LogP contribution in [0.2, 0.25) is 0 Å². The van der Waals surface area contributed by atoms with Crippen LogP contribution in [0.1, 0.15) is 44.4 Å². The van der Waals surface area contributed by atoms with Gasteiger partial charge in [-0.15, -0.1) is 0 Å². The van der Waals surface area contributed by atoms with Crippen molar-refractivity contribution in [3.05, 3.63) is 45.6 Å². The van der Waals surface area contributed by atoms with Gasteiger partial charge in [0, 0.05) is 12.6 Å². The van der Waals surface area contributed by atoms with E-state index in [1.54, 1.807) is 7.05 Å². The zero-order valence-electron chi connectivity index (χ0n) is 15.3. The first-order chi connectivity index (χ1) is 12.2. The molecule has 1 heterocycles. The molecular formula is C18H22N4O4. The smallest absolute Gasteiger partial charge is 0.408 e. The van der Waals surface area contributed by atoms with E-state index in [-0.39, 0.29) is 11.7 Å². The lowest BCUT2D eigenvalue weighted by molar-refractivity contribution is -0.384. The van der Waals surface area contributed by atoms with Crippen molar-refractivity contribution >= 4 is 11.8 Å². The van der Waals surface area contributed by atoms with Gasteiger partial charge in [0.15, 0.2) is 0 Å². The first-order valence-electron chi connectivity index (χ1n) is 8.45. The van der Waals surface area contributed by atoms with Crippen molar-refractivity contribution in [2.24, 2.45) is 7.05 Å². The van der Waals surface area contributed by atoms with Crippen LogP contribution in [0.5, 0.6) is 0 Å². The Hall–Kier alpha value is -2.90. The Balaban J connectivity index is 1.90. The minimum atomic E-state index is -0.567. The van der Waals surface area contributed by atoms with Crippen LogP contribution in [-0.2, 0) is 18.2 Å². The number of fused-ring (bicyclic) bond motifs is 1. The van der Waals surface area contributed by atoms with E-state index < -0.39 is 16.6 Å². The second-order valence-electron chi connectivity index (χ2n) is 7.41. The van der Waals surface area contributed by atoms with Gasteiger partial charge in [-0.2, -0.15) is 5.10 Å². The third-order valence-electron chi connectivity index (χ3n) is 4.30. The van der Waals surface area contributed by atoms with E-state index in [0.717, 1.165) is 24.0 Å². The predicted molar refractivity (Wildman–Crippen MR) is 95.7 cm³/mol. The van der Waals surface area contributed by atoms with E-state index in [1.165, 1.54) is 10.9 Å². The molecule has 1 aromatic heterocycles. The molecule has 0 radical (unpaired) electrons. The molecule has 8 nitrogen and oxygen atoms in total. The molecule has 26 heavy (non-hydrogen) atoms. The number of alkyl carbamates (subject to hydrolysis) is 1. The Kier molecular flexibility index (Phi) is 4.43. The van der Waals surface area contributed by atoms with E-state index in [0.29, 0.717) is 11.3 Å². The van der Waals surface area contributed by atoms with Crippen LogP contribution in [0.3, 0.4) is 0 Å². The van der Waals surface area contributed by atoms with E-state index in [2.05, 4.69) is 10.4 Å². The van der Waals surface area contributed by atoms with Crippen LogP contribution in [0.25, 0.3) is 11.3 Å². The number of hydrogen-bond acceptors (Lipinski definition) is 5. The molecule has 1 atom stereocenters. The van der Waals surface area contributed by atoms with Crippen molar-refractivity contribution in [3.8, 4) is 11.3 Å². The highest BCUT2D eigenvalue weighted by molar-refractivity contribution is 5.72. The van der Waals surface area contributed by atoms with Crippen LogP contribution in [0.15, 0.2) is 24.4 Å². The second kappa shape index (κ2) is 6.44. The Labute approximate surface area is 151 Å². The first kappa shape index (κ1) is 17.9. The monoisotopic (exact) mass is 358 g/mol. The Morgan fingerprint density at radius 3 is 2.81 bits per heavy atom. The number of nitro groups is 1. The van der Waals surface area contributed by atoms with E-state index in [4.69, 9.17) is 4.74 Å². The number of carbonyl (C=O) groups excluding carboxylic acids is 1. The molecule has 0 saturated carbocycles. The summed E-state index contributed by atoms with van der Waals surface area (Å²) in [6.07, 6.45) is 2.39. The molecule has 1 aliphatic carbocycles. The Morgan fingerprint density at radius 2 is 2.15 bits per heavy atom. The first-order valence-corrected chi connectivity index (χ1v) is 8.45. The molecule has 0 saturated heterocycles. The van der Waals surface area contributed by atoms with Crippen LogP contribution < -0.4 is 5.32 Å². The van der Waals surface area contributed by atoms with Crippen molar-refractivity contribution < 1.29 is 14.5 Å². The van der Waals surface area contributed by atoms with Gasteiger partial charge < -0.3 is 10.1 Å². The number of aryl methyl sites for hydroxylation is 2. The van der Waals surface area contributed by atoms with Gasteiger partial charge in [0.1, 0.15) is 17.5 Å². The highest BCUT2D eigenvalue weighted by Crippen LogP contribution is 2.37. The summed E-state index contributed by atoms with van der Waals surface area (Å²) in [6.45, 7) is 5.44. The van der Waals surface area contributed by atoms with E-state index in [1.807, 2.05) is 39.0 Å². The zero-order chi connectivity index (χ0) is 19.1. The fourth-order valence-electron chi connectivity index (χ4n) is 3.24. The number of aromatic nitrogens is 2. The maximum absolute atomic E-state index is 12.1. The molecule has 2 aromatic rings. The minimum Gasteiger partial charge on any atom is -0.444 e. The standard InChI is InChI=1S/C18H22N4O4/c1-18(2,3)26-17(23)20-14-8-7-11-5-6-12(9-13(11)14)16-15(22(24)25)10-19-21(16)4/h5-6,9-10,14H,7-8H2,1-4H3,(H,20,23). The van der Waals surface area contributed by atoms with Crippen LogP contribution in [-0.4, -0.2) is 26.4 Å². The summed E-state index contributed by atoms with van der Waals surface area (Å²) < 4.78 is 6.82. The number of benzene rings is 1. The fourth-order valence-corrected chi connectivity index (χ4v) is 3.24. The molecule has 0 spiro atoms. The van der Waals surface area contributed by atoms with Crippen LogP contribution >= 0.6 is 0 Å². The summed E-state index contributed by atoms with van der Waals surface area (Å²) in [5, 5.41) is 18.2. The van der Waals surface area contributed by atoms with Crippen molar-refractivity contribution in [3.63, 3.8) is 0 Å². The van der Waals surface area contributed by atoms with Gasteiger partial charge in [0.05, 0.1) is 11.0 Å². The highest BCUT2D eigenvalue weighted by Gasteiger charge is 2.28. The quantitative estimate of drug-likeness (QED) is 0.668. The van der Waals surface area contributed by atoms with Gasteiger partial charge in [-0.1, -0.05) is 12.1 Å². The number of nitrogens with one attached hydrogen (secondary N) is 1. The van der Waals surface area contributed by atoms with Gasteiger partial charge >= 0.3 is 11.8 Å². The summed E-state index contributed by atoms with van der Waals surface area (Å²) in [4.78, 5) is 22.9. The lowest BCUT2D eigenvalue weighted by Gasteiger charge is -2.22. The van der Waals surface area contributed by atoms with Crippen molar-refractivity contribution in [2.75, 3.05) is 0 Å². The van der Waals surface area contributed by atoms with Crippen molar-refractivity contribution in [1.29, 1.82) is 0 Å². The van der Waals surface area contributed by atoms with Gasteiger partial charge in [-0.25, -0.2) is 4.79 Å². The van der Waals surface area contributed by atoms with Gasteiger partial charge in [-0.05, 0) is 50.8 Å². The number of carbonyl (C=O) groups is 1. The molecule has 0 bridgehead atoms. The van der Waals surface area contributed by atoms with Gasteiger partial charge in [0.2, 0.25) is 0 Å². The Morgan fingerprint density at radius 1 is 1.42 bits per heavy atom. The molecule has 1 aliphatic rings. The lowest BCUT2D eigenvalue weighted by Crippen LogP contribution is -2.34. The maximum atomic E-state index is 12.1. The third kappa shape index (κ3) is 3.54. The number of ether oxygens (including phenoxy) is 1. The lowest BCUT2D eigenvalue weighted by atomic mass is 10.0. The molecule has 1 unspecified atom stereocenters. The zero-order valence-corrected chi connectivity index (χ0v) is 15.3. The summed E-state index contributed by atoms with van der Waals surface area (Å²) in [5.74, 6) is 0. The second-order valence-corrected chi connectivity index (χ2v) is 7.41. The third-order valence-corrected chi connectivity index (χ3v) is 4.30. The predicted octanol–water partition coefficient (Wildman–Crippen LogP) is 3.51. The molecule has 1 N–H and O–H groups in total. The molecule has 1 amide bonds. The molecule has 1 aromatic carbocycles. The number of rotatable bonds is 3. The maximum Gasteiger partial charge on any atom is 0.408 e. The summed E-state index contributed by atoms with van der Waals surface area (Å²) in [7, 11) is 1.67. The largest absolute Gasteiger partial charge is 0.444 e. The summed E-state index contributed by atoms with van der Waals surface area (Å²) in [5.41, 5.74) is 2.63. The summed E-state index contributed by atoms with van der Waals surface area (Å²) >= 11 is 0. The van der Waals surface area contributed by atoms with Gasteiger partial charge in [-0.3, -0.25) is 14.8 Å². The molecule has 138 valence electrons. The van der Waals surface area contributed by atoms with Crippen LogP contribution in [0, 0.1) is 10.1 Å². The Bertz CT molecular complexity index is 867. The fraction of sp³-hybridized carbons (Fsp3) is 0.444. The van der Waals surface area contributed by atoms with E-state index >= 15 is 0 Å². The van der Waals surface area contributed by atoms with Crippen molar-refractivity contribution in [1.82, 2.24) is 15.1 Å². The average molecular weight is 358 g/mol. The number of nitrogens with zero attached hydrogens (tertiary/aromatic N) is 3. The molecule has 8 heteroatoms. The summed E-state index contributed by atoms with van der Waals surface area (Å²) in [6, 6.07) is 5.54. The van der Waals surface area contributed by atoms with E-state index in [9.17, 15) is 14.9 Å². The topological polar surface area (TPSA) is 99.3 Å². The van der Waals surface area contributed by atoms with Crippen molar-refractivity contribution in [2.45, 2.75) is 45.3 Å². The molecule has 3 rings (SSSR count). The highest BCUT2D eigenvalue weighted by atomic mass is 16.6. The van der Waals surface area contributed by atoms with Crippen LogP contribution in [0.4, 0.5) is 10.5 Å². The van der Waals surface area contributed by atoms with Gasteiger partial charge in [0.25, 0.3) is 0 Å². The number of hydrogen-bond donors (Lipinski definition) is 1. The SMILES string of the molecule is Cn1ncc([N+](=O)[O-])c1-c1ccc2c(c1)C(NC(=O)OC(C)(C)C)CC2. The average Bonchev–Trinajstić information content (AvgIpc) is 3.09. The molecular weight excluding hydrogens is 336 g/mol. The minimum absolute atomic E-state index is 0.0397.